The highest BCUT2D eigenvalue weighted by Gasteiger charge is 2.24. The molecule has 0 unspecified atom stereocenters. The van der Waals surface area contributed by atoms with Crippen LogP contribution < -0.4 is 4.74 Å². The first-order valence-electron chi connectivity index (χ1n) is 6.93. The number of ether oxygens (including phenoxy) is 1. The smallest absolute Gasteiger partial charge is 0.120 e. The average molecular weight is 248 g/mol. The molecule has 0 spiro atoms. The second kappa shape index (κ2) is 5.31. The number of aliphatic hydroxyl groups excluding tert-OH is 1. The Kier molecular flexibility index (Phi) is 3.96. The van der Waals surface area contributed by atoms with Crippen LogP contribution >= 0.6 is 0 Å². The van der Waals surface area contributed by atoms with Gasteiger partial charge in [0.05, 0.1) is 6.10 Å². The number of benzene rings is 1. The first-order chi connectivity index (χ1) is 8.46. The Hall–Kier alpha value is -1.02. The van der Waals surface area contributed by atoms with E-state index in [0.29, 0.717) is 5.92 Å². The third kappa shape index (κ3) is 3.49. The van der Waals surface area contributed by atoms with E-state index in [1.54, 1.807) is 0 Å². The summed E-state index contributed by atoms with van der Waals surface area (Å²) < 4.78 is 5.81. The fourth-order valence-corrected chi connectivity index (χ4v) is 2.64. The van der Waals surface area contributed by atoms with Gasteiger partial charge in [-0.1, -0.05) is 25.0 Å². The Labute approximate surface area is 110 Å². The van der Waals surface area contributed by atoms with Crippen LogP contribution in [0.4, 0.5) is 0 Å². The van der Waals surface area contributed by atoms with Gasteiger partial charge in [0.15, 0.2) is 0 Å². The molecular formula is C16H24O2. The molecule has 18 heavy (non-hydrogen) atoms. The standard InChI is InChI=1S/C16H24O2/c1-16(2,3)18-13-10-8-12(9-11-13)14-6-4-5-7-15(14)17/h8-11,14-15,17H,4-7H2,1-3H3/t14-,15+/m1/s1. The van der Waals surface area contributed by atoms with Gasteiger partial charge >= 0.3 is 0 Å². The van der Waals surface area contributed by atoms with Crippen molar-refractivity contribution in [3.8, 4) is 5.75 Å². The third-order valence-corrected chi connectivity index (χ3v) is 3.46. The van der Waals surface area contributed by atoms with Crippen LogP contribution in [0, 0.1) is 0 Å². The highest BCUT2D eigenvalue weighted by molar-refractivity contribution is 5.30. The van der Waals surface area contributed by atoms with Crippen LogP contribution in [-0.4, -0.2) is 16.8 Å². The van der Waals surface area contributed by atoms with Crippen molar-refractivity contribution in [2.45, 2.75) is 64.1 Å². The summed E-state index contributed by atoms with van der Waals surface area (Å²) in [4.78, 5) is 0. The topological polar surface area (TPSA) is 29.5 Å². The molecule has 1 aromatic carbocycles. The zero-order chi connectivity index (χ0) is 13.2. The maximum Gasteiger partial charge on any atom is 0.120 e. The Morgan fingerprint density at radius 3 is 2.22 bits per heavy atom. The van der Waals surface area contributed by atoms with Crippen LogP contribution in [0.15, 0.2) is 24.3 Å². The summed E-state index contributed by atoms with van der Waals surface area (Å²) in [5, 5.41) is 10.0. The highest BCUT2D eigenvalue weighted by Crippen LogP contribution is 2.34. The number of hydrogen-bond acceptors (Lipinski definition) is 2. The van der Waals surface area contributed by atoms with Crippen molar-refractivity contribution in [1.29, 1.82) is 0 Å². The molecule has 0 saturated heterocycles. The quantitative estimate of drug-likeness (QED) is 0.860. The van der Waals surface area contributed by atoms with Crippen molar-refractivity contribution < 1.29 is 9.84 Å². The van der Waals surface area contributed by atoms with Crippen molar-refractivity contribution in [2.75, 3.05) is 0 Å². The van der Waals surface area contributed by atoms with Crippen LogP contribution in [0.2, 0.25) is 0 Å². The van der Waals surface area contributed by atoms with Crippen LogP contribution in [0.3, 0.4) is 0 Å². The van der Waals surface area contributed by atoms with Crippen LogP contribution in [0.25, 0.3) is 0 Å². The molecule has 1 aromatic rings. The summed E-state index contributed by atoms with van der Waals surface area (Å²) in [6.45, 7) is 6.14. The molecule has 0 bridgehead atoms. The molecule has 0 aliphatic heterocycles. The van der Waals surface area contributed by atoms with Gasteiger partial charge in [-0.2, -0.15) is 0 Å². The maximum absolute atomic E-state index is 10.0. The molecule has 1 aliphatic carbocycles. The van der Waals surface area contributed by atoms with E-state index >= 15 is 0 Å². The van der Waals surface area contributed by atoms with E-state index in [0.717, 1.165) is 25.0 Å². The molecule has 2 nitrogen and oxygen atoms in total. The molecule has 2 rings (SSSR count). The molecule has 2 heteroatoms. The van der Waals surface area contributed by atoms with Crippen LogP contribution in [0.5, 0.6) is 5.75 Å². The van der Waals surface area contributed by atoms with Gasteiger partial charge in [0.2, 0.25) is 0 Å². The van der Waals surface area contributed by atoms with E-state index in [1.165, 1.54) is 12.0 Å². The normalized spacial score (nSPS) is 24.9. The lowest BCUT2D eigenvalue weighted by molar-refractivity contribution is 0.106. The number of aliphatic hydroxyl groups is 1. The fraction of sp³-hybridized carbons (Fsp3) is 0.625. The van der Waals surface area contributed by atoms with E-state index in [-0.39, 0.29) is 11.7 Å². The zero-order valence-corrected chi connectivity index (χ0v) is 11.6. The predicted molar refractivity (Wildman–Crippen MR) is 74.0 cm³/mol. The van der Waals surface area contributed by atoms with Crippen molar-refractivity contribution in [1.82, 2.24) is 0 Å². The van der Waals surface area contributed by atoms with Gasteiger partial charge in [0, 0.05) is 5.92 Å². The van der Waals surface area contributed by atoms with Gasteiger partial charge in [0.1, 0.15) is 11.4 Å². The first-order valence-corrected chi connectivity index (χ1v) is 6.93. The highest BCUT2D eigenvalue weighted by atomic mass is 16.5. The minimum atomic E-state index is -0.173. The second-order valence-corrected chi connectivity index (χ2v) is 6.24. The molecule has 0 amide bonds. The summed E-state index contributed by atoms with van der Waals surface area (Å²) in [7, 11) is 0. The van der Waals surface area contributed by atoms with E-state index in [9.17, 15) is 5.11 Å². The molecule has 1 saturated carbocycles. The Bertz CT molecular complexity index is 375. The van der Waals surface area contributed by atoms with Gasteiger partial charge in [-0.3, -0.25) is 0 Å². The molecule has 0 heterocycles. The predicted octanol–water partition coefficient (Wildman–Crippen LogP) is 3.88. The Morgan fingerprint density at radius 1 is 1.06 bits per heavy atom. The summed E-state index contributed by atoms with van der Waals surface area (Å²) in [5.74, 6) is 1.21. The summed E-state index contributed by atoms with van der Waals surface area (Å²) >= 11 is 0. The molecule has 1 aliphatic rings. The lowest BCUT2D eigenvalue weighted by atomic mass is 9.82. The maximum atomic E-state index is 10.0. The third-order valence-electron chi connectivity index (χ3n) is 3.46. The minimum Gasteiger partial charge on any atom is -0.488 e. The first kappa shape index (κ1) is 13.4. The molecule has 1 N–H and O–H groups in total. The van der Waals surface area contributed by atoms with Crippen molar-refractivity contribution in [3.63, 3.8) is 0 Å². The lowest BCUT2D eigenvalue weighted by Crippen LogP contribution is -2.23. The van der Waals surface area contributed by atoms with E-state index in [1.807, 2.05) is 32.9 Å². The van der Waals surface area contributed by atoms with E-state index in [4.69, 9.17) is 4.74 Å². The summed E-state index contributed by atoms with van der Waals surface area (Å²) in [5.41, 5.74) is 1.08. The Morgan fingerprint density at radius 2 is 1.67 bits per heavy atom. The fourth-order valence-electron chi connectivity index (χ4n) is 2.64. The summed E-state index contributed by atoms with van der Waals surface area (Å²) in [6, 6.07) is 8.23. The van der Waals surface area contributed by atoms with Gasteiger partial charge in [-0.05, 0) is 51.3 Å². The van der Waals surface area contributed by atoms with Gasteiger partial charge in [-0.15, -0.1) is 0 Å². The zero-order valence-electron chi connectivity index (χ0n) is 11.6. The van der Waals surface area contributed by atoms with Crippen molar-refractivity contribution in [2.24, 2.45) is 0 Å². The van der Waals surface area contributed by atoms with Crippen molar-refractivity contribution >= 4 is 0 Å². The monoisotopic (exact) mass is 248 g/mol. The number of rotatable bonds is 2. The van der Waals surface area contributed by atoms with E-state index < -0.39 is 0 Å². The second-order valence-electron chi connectivity index (χ2n) is 6.24. The van der Waals surface area contributed by atoms with Crippen LogP contribution in [-0.2, 0) is 0 Å². The van der Waals surface area contributed by atoms with Gasteiger partial charge < -0.3 is 9.84 Å². The molecule has 1 fully saturated rings. The summed E-state index contributed by atoms with van der Waals surface area (Å²) in [6.07, 6.45) is 4.24. The molecule has 0 radical (unpaired) electrons. The van der Waals surface area contributed by atoms with E-state index in [2.05, 4.69) is 12.1 Å². The SMILES string of the molecule is CC(C)(C)Oc1ccc([C@H]2CCCC[C@@H]2O)cc1. The minimum absolute atomic E-state index is 0.161. The van der Waals surface area contributed by atoms with Gasteiger partial charge in [-0.25, -0.2) is 0 Å². The lowest BCUT2D eigenvalue weighted by Gasteiger charge is -2.28. The molecule has 2 atom stereocenters. The molecular weight excluding hydrogens is 224 g/mol. The number of hydrogen-bond donors (Lipinski definition) is 1. The molecule has 0 aromatic heterocycles. The molecule has 100 valence electrons. The van der Waals surface area contributed by atoms with Gasteiger partial charge in [0.25, 0.3) is 0 Å². The average Bonchev–Trinajstić information content (AvgIpc) is 2.29. The van der Waals surface area contributed by atoms with Crippen molar-refractivity contribution in [3.05, 3.63) is 29.8 Å². The largest absolute Gasteiger partial charge is 0.488 e. The Balaban J connectivity index is 2.07. The van der Waals surface area contributed by atoms with Crippen LogP contribution in [0.1, 0.15) is 57.9 Å².